The van der Waals surface area contributed by atoms with Crippen molar-refractivity contribution in [1.29, 1.82) is 0 Å². The van der Waals surface area contributed by atoms with Gasteiger partial charge in [-0.1, -0.05) is 66.8 Å². The summed E-state index contributed by atoms with van der Waals surface area (Å²) in [4.78, 5) is 40.9. The Morgan fingerprint density at radius 2 is 1.09 bits per heavy atom. The summed E-state index contributed by atoms with van der Waals surface area (Å²) in [6, 6.07) is 28.2. The van der Waals surface area contributed by atoms with Gasteiger partial charge in [0.25, 0.3) is 0 Å². The summed E-state index contributed by atoms with van der Waals surface area (Å²) < 4.78 is 25.2. The Morgan fingerprint density at radius 1 is 0.632 bits per heavy atom. The molecule has 0 atom stereocenters. The molecule has 11 heteroatoms. The summed E-state index contributed by atoms with van der Waals surface area (Å²) in [6.45, 7) is 14.6. The van der Waals surface area contributed by atoms with Crippen molar-refractivity contribution in [1.82, 2.24) is 20.0 Å². The Bertz CT molecular complexity index is 1870. The lowest BCUT2D eigenvalue weighted by Crippen LogP contribution is -2.46. The van der Waals surface area contributed by atoms with Crippen LogP contribution in [0.5, 0.6) is 0 Å². The molecular weight excluding hydrogens is 723 g/mol. The summed E-state index contributed by atoms with van der Waals surface area (Å²) in [5.74, 6) is -0.316. The molecule has 0 saturated carbocycles. The van der Waals surface area contributed by atoms with E-state index >= 15 is 0 Å². The highest BCUT2D eigenvalue weighted by Crippen LogP contribution is 2.12. The molecule has 302 valence electrons. The largest absolute Gasteiger partial charge is 0.326 e. The van der Waals surface area contributed by atoms with Crippen LogP contribution in [0.4, 0.5) is 20.2 Å². The first kappa shape index (κ1) is 44.4. The number of amides is 2. The van der Waals surface area contributed by atoms with Gasteiger partial charge in [0.15, 0.2) is 0 Å². The molecule has 2 fully saturated rings. The third-order valence-corrected chi connectivity index (χ3v) is 9.37. The van der Waals surface area contributed by atoms with Gasteiger partial charge in [0.2, 0.25) is 11.8 Å². The minimum absolute atomic E-state index is 0.0651. The molecule has 0 aliphatic carbocycles. The number of nitrogens with zero attached hydrogens (tertiary/aromatic N) is 3. The highest BCUT2D eigenvalue weighted by atomic mass is 19.1. The number of benzene rings is 4. The van der Waals surface area contributed by atoms with Crippen molar-refractivity contribution in [2.45, 2.75) is 26.7 Å². The minimum Gasteiger partial charge on any atom is -0.326 e. The van der Waals surface area contributed by atoms with E-state index in [4.69, 9.17) is 0 Å². The van der Waals surface area contributed by atoms with E-state index in [0.29, 0.717) is 19.1 Å². The first-order valence-corrected chi connectivity index (χ1v) is 19.6. The van der Waals surface area contributed by atoms with Crippen LogP contribution in [0.3, 0.4) is 0 Å². The van der Waals surface area contributed by atoms with Crippen LogP contribution in [0.15, 0.2) is 109 Å². The van der Waals surface area contributed by atoms with E-state index in [2.05, 4.69) is 36.7 Å². The predicted octanol–water partition coefficient (Wildman–Crippen LogP) is 7.06. The Hall–Kier alpha value is -5.33. The summed E-state index contributed by atoms with van der Waals surface area (Å²) in [5, 5.41) is 9.22. The lowest BCUT2D eigenvalue weighted by atomic mass is 10.2. The molecule has 4 aromatic carbocycles. The van der Waals surface area contributed by atoms with Crippen molar-refractivity contribution >= 4 is 41.6 Å². The molecule has 9 nitrogen and oxygen atoms in total. The van der Waals surface area contributed by atoms with Crippen LogP contribution in [-0.4, -0.2) is 105 Å². The number of anilines is 2. The molecule has 2 aliphatic rings. The molecule has 3 N–H and O–H groups in total. The number of hydrogen-bond acceptors (Lipinski definition) is 7. The van der Waals surface area contributed by atoms with Crippen molar-refractivity contribution in [3.05, 3.63) is 143 Å². The van der Waals surface area contributed by atoms with Crippen LogP contribution in [0, 0.1) is 25.5 Å². The van der Waals surface area contributed by atoms with Gasteiger partial charge in [-0.15, -0.1) is 0 Å². The number of carbonyl (C=O) groups is 3. The minimum atomic E-state index is -0.270. The average molecular weight is 779 g/mol. The molecule has 4 aromatic rings. The zero-order valence-corrected chi connectivity index (χ0v) is 33.1. The Labute approximate surface area is 336 Å². The second kappa shape index (κ2) is 25.0. The molecule has 2 amide bonds. The molecule has 2 saturated heterocycles. The molecule has 57 heavy (non-hydrogen) atoms. The number of hydrogen-bond donors (Lipinski definition) is 3. The second-order valence-corrected chi connectivity index (χ2v) is 14.1. The summed E-state index contributed by atoms with van der Waals surface area (Å²) in [7, 11) is 0. The number of aldehydes is 1. The van der Waals surface area contributed by atoms with Crippen molar-refractivity contribution in [2.24, 2.45) is 0 Å². The Kier molecular flexibility index (Phi) is 19.5. The van der Waals surface area contributed by atoms with Gasteiger partial charge in [0, 0.05) is 96.2 Å². The number of aryl methyl sites for hydroxylation is 2. The summed E-state index contributed by atoms with van der Waals surface area (Å²) >= 11 is 0. The maximum Gasteiger partial charge on any atom is 0.225 e. The summed E-state index contributed by atoms with van der Waals surface area (Å²) in [6.07, 6.45) is 8.90. The van der Waals surface area contributed by atoms with E-state index in [-0.39, 0.29) is 23.4 Å². The van der Waals surface area contributed by atoms with E-state index in [1.54, 1.807) is 30.3 Å². The van der Waals surface area contributed by atoms with Crippen molar-refractivity contribution in [3.8, 4) is 0 Å². The van der Waals surface area contributed by atoms with Gasteiger partial charge in [-0.3, -0.25) is 19.3 Å². The number of nitrogens with one attached hydrogen (secondary N) is 3. The monoisotopic (exact) mass is 778 g/mol. The highest BCUT2D eigenvalue weighted by molar-refractivity contribution is 5.91. The van der Waals surface area contributed by atoms with Gasteiger partial charge in [-0.05, 0) is 90.7 Å². The van der Waals surface area contributed by atoms with Crippen LogP contribution in [0.25, 0.3) is 12.2 Å². The van der Waals surface area contributed by atoms with Crippen molar-refractivity contribution in [3.63, 3.8) is 0 Å². The first-order chi connectivity index (χ1) is 27.6. The van der Waals surface area contributed by atoms with Gasteiger partial charge >= 0.3 is 0 Å². The fourth-order valence-electron chi connectivity index (χ4n) is 6.18. The molecule has 2 heterocycles. The maximum absolute atomic E-state index is 12.9. The standard InChI is InChI=1S/C23H28FN3O.C14H21N3O.C9H7FO/c1-19-4-2-6-22(18-19)25-23(28)11-13-27-16-14-26(15-17-27)12-3-5-20-7-9-21(24)10-8-20;1-12-3-2-4-13(11-12)16-14(18)5-8-17-9-6-15-7-10-17;10-9-5-3-8(4-6-9)2-1-7-11/h2-10,18H,11-17H2,1H3,(H,25,28);2-4,11,15H,5-10H2,1H3,(H,16,18);1-7H/b5-3+;;2-1+. The second-order valence-electron chi connectivity index (χ2n) is 14.1. The number of piperazine rings is 2. The molecular formula is C46H56F2N6O3. The average Bonchev–Trinajstić information content (AvgIpc) is 3.21. The van der Waals surface area contributed by atoms with E-state index < -0.39 is 0 Å². The third-order valence-electron chi connectivity index (χ3n) is 9.37. The van der Waals surface area contributed by atoms with Crippen LogP contribution >= 0.6 is 0 Å². The molecule has 6 rings (SSSR count). The van der Waals surface area contributed by atoms with Gasteiger partial charge in [0.1, 0.15) is 17.9 Å². The Balaban J connectivity index is 0.000000211. The van der Waals surface area contributed by atoms with E-state index in [0.717, 1.165) is 106 Å². The zero-order valence-electron chi connectivity index (χ0n) is 33.1. The van der Waals surface area contributed by atoms with Crippen LogP contribution in [0.2, 0.25) is 0 Å². The number of halogens is 2. The zero-order chi connectivity index (χ0) is 40.7. The van der Waals surface area contributed by atoms with Crippen molar-refractivity contribution in [2.75, 3.05) is 82.6 Å². The van der Waals surface area contributed by atoms with E-state index in [9.17, 15) is 23.2 Å². The quantitative estimate of drug-likeness (QED) is 0.0989. The lowest BCUT2D eigenvalue weighted by molar-refractivity contribution is -0.117. The molecule has 0 bridgehead atoms. The van der Waals surface area contributed by atoms with Crippen molar-refractivity contribution < 1.29 is 23.2 Å². The normalized spacial score (nSPS) is 14.9. The van der Waals surface area contributed by atoms with Gasteiger partial charge in [-0.25, -0.2) is 8.78 Å². The van der Waals surface area contributed by atoms with Crippen LogP contribution in [-0.2, 0) is 14.4 Å². The number of allylic oxidation sites excluding steroid dienone is 1. The van der Waals surface area contributed by atoms with E-state index in [1.165, 1.54) is 30.3 Å². The topological polar surface area (TPSA) is 97.0 Å². The summed E-state index contributed by atoms with van der Waals surface area (Å²) in [5.41, 5.74) is 5.89. The highest BCUT2D eigenvalue weighted by Gasteiger charge is 2.17. The fraction of sp³-hybridized carbons (Fsp3) is 0.326. The Morgan fingerprint density at radius 3 is 1.56 bits per heavy atom. The SMILES string of the molecule is Cc1cccc(NC(=O)CCN2CCN(C/C=C/c3ccc(F)cc3)CC2)c1.Cc1cccc(NC(=O)CCN2CCNCC2)c1.O=C/C=C/c1ccc(F)cc1. The third kappa shape index (κ3) is 18.4. The van der Waals surface area contributed by atoms with Gasteiger partial charge < -0.3 is 25.8 Å². The smallest absolute Gasteiger partial charge is 0.225 e. The molecule has 0 unspecified atom stereocenters. The van der Waals surface area contributed by atoms with Gasteiger partial charge in [-0.2, -0.15) is 0 Å². The number of rotatable bonds is 13. The van der Waals surface area contributed by atoms with Gasteiger partial charge in [0.05, 0.1) is 0 Å². The van der Waals surface area contributed by atoms with E-state index in [1.807, 2.05) is 68.5 Å². The maximum atomic E-state index is 12.9. The van der Waals surface area contributed by atoms with Crippen LogP contribution < -0.4 is 16.0 Å². The lowest BCUT2D eigenvalue weighted by Gasteiger charge is -2.34. The fourth-order valence-corrected chi connectivity index (χ4v) is 6.18. The predicted molar refractivity (Wildman–Crippen MR) is 228 cm³/mol. The molecule has 0 radical (unpaired) electrons. The first-order valence-electron chi connectivity index (χ1n) is 19.6. The molecule has 0 spiro atoms. The molecule has 0 aromatic heterocycles. The van der Waals surface area contributed by atoms with Crippen LogP contribution in [0.1, 0.15) is 35.1 Å². The number of carbonyl (C=O) groups excluding carboxylic acids is 3. The molecule has 2 aliphatic heterocycles.